The van der Waals surface area contributed by atoms with Gasteiger partial charge in [0, 0.05) is 5.92 Å². The van der Waals surface area contributed by atoms with Gasteiger partial charge in [-0.25, -0.2) is 0 Å². The Morgan fingerprint density at radius 2 is 1.15 bits per heavy atom. The lowest BCUT2D eigenvalue weighted by Crippen LogP contribution is -2.04. The van der Waals surface area contributed by atoms with E-state index in [9.17, 15) is 0 Å². The van der Waals surface area contributed by atoms with Crippen molar-refractivity contribution in [3.63, 3.8) is 0 Å². The number of benzene rings is 2. The number of hydrogen-bond donors (Lipinski definition) is 0. The van der Waals surface area contributed by atoms with Crippen LogP contribution in [0.25, 0.3) is 0 Å². The molecule has 0 amide bonds. The standard InChI is InChI=1S/C20H21/c1-4-10-17-12-6-8-14-19(17)16(3)20-15-9-7-13-18(20)11-5-2/h4-9,12-16H,1-3,10-11H2. The maximum Gasteiger partial charge on any atom is 0.00953 e. The highest BCUT2D eigenvalue weighted by molar-refractivity contribution is 5.43. The van der Waals surface area contributed by atoms with Gasteiger partial charge in [0.05, 0.1) is 0 Å². The summed E-state index contributed by atoms with van der Waals surface area (Å²) in [5.74, 6) is 0.141. The van der Waals surface area contributed by atoms with Gasteiger partial charge in [0.15, 0.2) is 0 Å². The first-order chi connectivity index (χ1) is 9.77. The highest BCUT2D eigenvalue weighted by Gasteiger charge is 2.14. The second-order valence-electron chi connectivity index (χ2n) is 4.94. The molecule has 101 valence electrons. The lowest BCUT2D eigenvalue weighted by molar-refractivity contribution is 0.964. The van der Waals surface area contributed by atoms with Gasteiger partial charge < -0.3 is 0 Å². The molecule has 0 aliphatic carbocycles. The monoisotopic (exact) mass is 261 g/mol. The molecular weight excluding hydrogens is 240 g/mol. The van der Waals surface area contributed by atoms with Crippen LogP contribution in [0.2, 0.25) is 0 Å². The summed E-state index contributed by atoms with van der Waals surface area (Å²) in [5.41, 5.74) is 5.17. The van der Waals surface area contributed by atoms with Crippen LogP contribution in [-0.4, -0.2) is 0 Å². The average Bonchev–Trinajstić information content (AvgIpc) is 2.48. The Hall–Kier alpha value is -2.08. The molecule has 0 fully saturated rings. The molecule has 2 aromatic carbocycles. The third-order valence-corrected chi connectivity index (χ3v) is 3.59. The van der Waals surface area contributed by atoms with Crippen molar-refractivity contribution in [3.8, 4) is 0 Å². The summed E-state index contributed by atoms with van der Waals surface area (Å²) >= 11 is 0. The first-order valence-corrected chi connectivity index (χ1v) is 6.98. The van der Waals surface area contributed by atoms with E-state index in [1.807, 2.05) is 12.2 Å². The Morgan fingerprint density at radius 3 is 1.55 bits per heavy atom. The van der Waals surface area contributed by atoms with E-state index in [1.165, 1.54) is 22.3 Å². The lowest BCUT2D eigenvalue weighted by Gasteiger charge is -2.19. The molecule has 0 aliphatic rings. The normalized spacial score (nSPS) is 10.5. The van der Waals surface area contributed by atoms with Crippen LogP contribution in [0.3, 0.4) is 0 Å². The molecule has 0 N–H and O–H groups in total. The zero-order valence-corrected chi connectivity index (χ0v) is 11.9. The van der Waals surface area contributed by atoms with E-state index in [0.717, 1.165) is 12.8 Å². The Bertz CT molecular complexity index is 539. The van der Waals surface area contributed by atoms with Gasteiger partial charge in [-0.1, -0.05) is 60.7 Å². The molecule has 0 aliphatic heterocycles. The van der Waals surface area contributed by atoms with Gasteiger partial charge in [0.1, 0.15) is 0 Å². The van der Waals surface area contributed by atoms with Crippen molar-refractivity contribution in [1.82, 2.24) is 0 Å². The molecule has 1 radical (unpaired) electrons. The summed E-state index contributed by atoms with van der Waals surface area (Å²) in [7, 11) is 0. The molecule has 0 heterocycles. The van der Waals surface area contributed by atoms with Crippen LogP contribution in [0.4, 0.5) is 0 Å². The SMILES string of the molecule is [CH2]C(c1ccccc1CC=C)c1ccccc1CC=C. The zero-order valence-electron chi connectivity index (χ0n) is 11.9. The summed E-state index contributed by atoms with van der Waals surface area (Å²) in [6.07, 6.45) is 5.65. The predicted molar refractivity (Wildman–Crippen MR) is 87.9 cm³/mol. The van der Waals surface area contributed by atoms with Gasteiger partial charge in [-0.05, 0) is 42.0 Å². The van der Waals surface area contributed by atoms with Crippen LogP contribution < -0.4 is 0 Å². The molecule has 0 nitrogen and oxygen atoms in total. The van der Waals surface area contributed by atoms with Crippen LogP contribution in [0.15, 0.2) is 73.8 Å². The van der Waals surface area contributed by atoms with Crippen molar-refractivity contribution in [2.75, 3.05) is 0 Å². The molecule has 0 saturated carbocycles. The maximum absolute atomic E-state index is 4.40. The van der Waals surface area contributed by atoms with Gasteiger partial charge in [-0.2, -0.15) is 0 Å². The molecule has 0 bridgehead atoms. The number of rotatable bonds is 6. The van der Waals surface area contributed by atoms with E-state index in [1.54, 1.807) is 0 Å². The molecule has 0 aromatic heterocycles. The van der Waals surface area contributed by atoms with Gasteiger partial charge in [0.2, 0.25) is 0 Å². The van der Waals surface area contributed by atoms with Crippen LogP contribution in [0.1, 0.15) is 28.2 Å². The van der Waals surface area contributed by atoms with E-state index in [0.29, 0.717) is 0 Å². The molecule has 0 spiro atoms. The fourth-order valence-electron chi connectivity index (χ4n) is 2.60. The minimum Gasteiger partial charge on any atom is -0.103 e. The van der Waals surface area contributed by atoms with Crippen molar-refractivity contribution in [2.24, 2.45) is 0 Å². The Morgan fingerprint density at radius 1 is 0.750 bits per heavy atom. The minimum absolute atomic E-state index is 0.141. The molecule has 0 unspecified atom stereocenters. The second kappa shape index (κ2) is 6.91. The molecule has 20 heavy (non-hydrogen) atoms. The molecule has 0 atom stereocenters. The van der Waals surface area contributed by atoms with Crippen LogP contribution >= 0.6 is 0 Å². The Labute approximate surface area is 122 Å². The van der Waals surface area contributed by atoms with Crippen LogP contribution in [0, 0.1) is 6.92 Å². The minimum atomic E-state index is 0.141. The second-order valence-corrected chi connectivity index (χ2v) is 4.94. The molecular formula is C20H21. The first-order valence-electron chi connectivity index (χ1n) is 6.98. The molecule has 0 heteroatoms. The van der Waals surface area contributed by atoms with Crippen molar-refractivity contribution in [3.05, 3.63) is 103 Å². The van der Waals surface area contributed by atoms with Crippen molar-refractivity contribution in [2.45, 2.75) is 18.8 Å². The zero-order chi connectivity index (χ0) is 14.4. The number of hydrogen-bond acceptors (Lipinski definition) is 0. The fourth-order valence-corrected chi connectivity index (χ4v) is 2.60. The largest absolute Gasteiger partial charge is 0.103 e. The summed E-state index contributed by atoms with van der Waals surface area (Å²) in [6.45, 7) is 12.1. The maximum atomic E-state index is 4.40. The first kappa shape index (κ1) is 14.3. The summed E-state index contributed by atoms with van der Waals surface area (Å²) in [5, 5.41) is 0. The summed E-state index contributed by atoms with van der Waals surface area (Å²) in [4.78, 5) is 0. The fraction of sp³-hybridized carbons (Fsp3) is 0.150. The number of allylic oxidation sites excluding steroid dienone is 2. The predicted octanol–water partition coefficient (Wildman–Crippen LogP) is 5.11. The molecule has 0 saturated heterocycles. The Kier molecular flexibility index (Phi) is 4.95. The highest BCUT2D eigenvalue weighted by Crippen LogP contribution is 2.29. The Balaban J connectivity index is 2.43. The van der Waals surface area contributed by atoms with Gasteiger partial charge >= 0.3 is 0 Å². The van der Waals surface area contributed by atoms with Crippen molar-refractivity contribution < 1.29 is 0 Å². The van der Waals surface area contributed by atoms with Crippen molar-refractivity contribution >= 4 is 0 Å². The third kappa shape index (κ3) is 3.08. The van der Waals surface area contributed by atoms with E-state index in [-0.39, 0.29) is 5.92 Å². The average molecular weight is 261 g/mol. The van der Waals surface area contributed by atoms with E-state index in [2.05, 4.69) is 68.6 Å². The summed E-state index contributed by atoms with van der Waals surface area (Å²) in [6, 6.07) is 17.0. The van der Waals surface area contributed by atoms with E-state index in [4.69, 9.17) is 0 Å². The van der Waals surface area contributed by atoms with Crippen LogP contribution in [-0.2, 0) is 12.8 Å². The molecule has 2 rings (SSSR count). The van der Waals surface area contributed by atoms with E-state index < -0.39 is 0 Å². The molecule has 2 aromatic rings. The summed E-state index contributed by atoms with van der Waals surface area (Å²) < 4.78 is 0. The third-order valence-electron chi connectivity index (χ3n) is 3.59. The smallest absolute Gasteiger partial charge is 0.00953 e. The quantitative estimate of drug-likeness (QED) is 0.634. The van der Waals surface area contributed by atoms with Gasteiger partial charge in [0.25, 0.3) is 0 Å². The van der Waals surface area contributed by atoms with Gasteiger partial charge in [-0.15, -0.1) is 13.2 Å². The van der Waals surface area contributed by atoms with Crippen molar-refractivity contribution in [1.29, 1.82) is 0 Å². The van der Waals surface area contributed by atoms with Crippen LogP contribution in [0.5, 0.6) is 0 Å². The topological polar surface area (TPSA) is 0 Å². The highest BCUT2D eigenvalue weighted by atomic mass is 14.2. The van der Waals surface area contributed by atoms with Gasteiger partial charge in [-0.3, -0.25) is 0 Å². The lowest BCUT2D eigenvalue weighted by atomic mass is 9.85. The van der Waals surface area contributed by atoms with E-state index >= 15 is 0 Å².